The third-order valence-electron chi connectivity index (χ3n) is 3.71. The summed E-state index contributed by atoms with van der Waals surface area (Å²) in [5, 5.41) is 0. The molecule has 1 saturated heterocycles. The Balaban J connectivity index is 2.71. The molecule has 2 unspecified atom stereocenters. The molecule has 14 heavy (non-hydrogen) atoms. The maximum absolute atomic E-state index is 5.94. The van der Waals surface area contributed by atoms with Crippen LogP contribution in [0.15, 0.2) is 0 Å². The van der Waals surface area contributed by atoms with E-state index in [1.165, 1.54) is 0 Å². The summed E-state index contributed by atoms with van der Waals surface area (Å²) >= 11 is 0. The average molecular weight is 200 g/mol. The van der Waals surface area contributed by atoms with Crippen molar-refractivity contribution in [3.63, 3.8) is 0 Å². The van der Waals surface area contributed by atoms with Gasteiger partial charge in [0.1, 0.15) is 0 Å². The quantitative estimate of drug-likeness (QED) is 0.722. The maximum Gasteiger partial charge on any atom is 0.0513 e. The zero-order valence-electron chi connectivity index (χ0n) is 9.75. The second kappa shape index (κ2) is 5.10. The van der Waals surface area contributed by atoms with Crippen LogP contribution in [0, 0.1) is 5.92 Å². The minimum Gasteiger partial charge on any atom is -0.381 e. The number of nitrogens with zero attached hydrogens (tertiary/aromatic N) is 1. The third kappa shape index (κ3) is 2.10. The van der Waals surface area contributed by atoms with Crippen molar-refractivity contribution < 1.29 is 4.74 Å². The van der Waals surface area contributed by atoms with Gasteiger partial charge in [0, 0.05) is 24.6 Å². The minimum absolute atomic E-state index is 0.125. The molecular formula is C11H24N2O. The summed E-state index contributed by atoms with van der Waals surface area (Å²) in [4.78, 5) is 2.46. The molecule has 0 saturated carbocycles. The summed E-state index contributed by atoms with van der Waals surface area (Å²) in [6.45, 7) is 11.3. The molecule has 3 heteroatoms. The minimum atomic E-state index is 0.125. The van der Waals surface area contributed by atoms with Gasteiger partial charge in [-0.2, -0.15) is 0 Å². The summed E-state index contributed by atoms with van der Waals surface area (Å²) < 4.78 is 5.46. The molecule has 0 bridgehead atoms. The molecule has 0 aliphatic carbocycles. The van der Waals surface area contributed by atoms with Crippen LogP contribution in [0.1, 0.15) is 27.2 Å². The van der Waals surface area contributed by atoms with Crippen LogP contribution in [0.2, 0.25) is 0 Å². The van der Waals surface area contributed by atoms with E-state index in [4.69, 9.17) is 10.5 Å². The Morgan fingerprint density at radius 1 is 1.43 bits per heavy atom. The Hall–Kier alpha value is -0.120. The number of rotatable bonds is 5. The van der Waals surface area contributed by atoms with Crippen LogP contribution in [-0.2, 0) is 4.74 Å². The number of hydrogen-bond acceptors (Lipinski definition) is 3. The van der Waals surface area contributed by atoms with Gasteiger partial charge >= 0.3 is 0 Å². The zero-order chi connectivity index (χ0) is 10.6. The number of likely N-dealkylation sites (N-methyl/N-ethyl adjacent to an activating group) is 1. The molecule has 2 N–H and O–H groups in total. The zero-order valence-corrected chi connectivity index (χ0v) is 9.75. The fraction of sp³-hybridized carbons (Fsp3) is 1.00. The summed E-state index contributed by atoms with van der Waals surface area (Å²) in [6.07, 6.45) is 1.16. The normalized spacial score (nSPS) is 26.8. The van der Waals surface area contributed by atoms with Gasteiger partial charge in [-0.25, -0.2) is 0 Å². The molecule has 0 spiro atoms. The van der Waals surface area contributed by atoms with E-state index in [2.05, 4.69) is 25.7 Å². The summed E-state index contributed by atoms with van der Waals surface area (Å²) in [7, 11) is 0. The van der Waals surface area contributed by atoms with Crippen molar-refractivity contribution in [1.29, 1.82) is 0 Å². The van der Waals surface area contributed by atoms with E-state index < -0.39 is 0 Å². The largest absolute Gasteiger partial charge is 0.381 e. The highest BCUT2D eigenvalue weighted by Gasteiger charge is 2.39. The summed E-state index contributed by atoms with van der Waals surface area (Å²) in [6, 6.07) is 0. The van der Waals surface area contributed by atoms with Crippen LogP contribution in [-0.4, -0.2) is 43.3 Å². The molecule has 1 heterocycles. The van der Waals surface area contributed by atoms with Gasteiger partial charge in [0.05, 0.1) is 6.61 Å². The van der Waals surface area contributed by atoms with Crippen molar-refractivity contribution in [2.24, 2.45) is 11.7 Å². The van der Waals surface area contributed by atoms with Crippen molar-refractivity contribution in [3.05, 3.63) is 0 Å². The lowest BCUT2D eigenvalue weighted by Gasteiger charge is -2.43. The molecule has 0 aromatic carbocycles. The summed E-state index contributed by atoms with van der Waals surface area (Å²) in [5.74, 6) is 0.604. The molecule has 1 rings (SSSR count). The average Bonchev–Trinajstić information content (AvgIpc) is 2.72. The summed E-state index contributed by atoms with van der Waals surface area (Å²) in [5.41, 5.74) is 6.07. The first kappa shape index (κ1) is 12.0. The van der Waals surface area contributed by atoms with Crippen LogP contribution < -0.4 is 5.73 Å². The Labute approximate surface area is 87.6 Å². The predicted molar refractivity (Wildman–Crippen MR) is 59.3 cm³/mol. The van der Waals surface area contributed by atoms with Gasteiger partial charge in [0.2, 0.25) is 0 Å². The SMILES string of the molecule is CCN(CC)C(C)(CN)C1CCOC1. The van der Waals surface area contributed by atoms with Gasteiger partial charge in [-0.3, -0.25) is 4.90 Å². The van der Waals surface area contributed by atoms with Crippen molar-refractivity contribution >= 4 is 0 Å². The van der Waals surface area contributed by atoms with E-state index in [9.17, 15) is 0 Å². The Morgan fingerprint density at radius 2 is 2.07 bits per heavy atom. The number of hydrogen-bond donors (Lipinski definition) is 1. The van der Waals surface area contributed by atoms with Crippen LogP contribution in [0.3, 0.4) is 0 Å². The van der Waals surface area contributed by atoms with Gasteiger partial charge in [-0.05, 0) is 26.4 Å². The van der Waals surface area contributed by atoms with E-state index in [0.717, 1.165) is 39.3 Å². The maximum atomic E-state index is 5.94. The lowest BCUT2D eigenvalue weighted by molar-refractivity contribution is 0.0537. The molecule has 3 nitrogen and oxygen atoms in total. The highest BCUT2D eigenvalue weighted by molar-refractivity contribution is 4.94. The fourth-order valence-electron chi connectivity index (χ4n) is 2.52. The first-order chi connectivity index (χ1) is 6.69. The Kier molecular flexibility index (Phi) is 4.35. The number of ether oxygens (including phenoxy) is 1. The molecule has 1 fully saturated rings. The van der Waals surface area contributed by atoms with Gasteiger partial charge in [0.25, 0.3) is 0 Å². The van der Waals surface area contributed by atoms with Crippen molar-refractivity contribution in [2.75, 3.05) is 32.8 Å². The predicted octanol–water partition coefficient (Wildman–Crippen LogP) is 1.08. The standard InChI is InChI=1S/C11H24N2O/c1-4-13(5-2)11(3,9-12)10-6-7-14-8-10/h10H,4-9,12H2,1-3H3. The molecule has 84 valence electrons. The van der Waals surface area contributed by atoms with Gasteiger partial charge in [0.15, 0.2) is 0 Å². The van der Waals surface area contributed by atoms with Gasteiger partial charge in [-0.1, -0.05) is 13.8 Å². The monoisotopic (exact) mass is 200 g/mol. The lowest BCUT2D eigenvalue weighted by atomic mass is 9.83. The topological polar surface area (TPSA) is 38.5 Å². The van der Waals surface area contributed by atoms with E-state index in [-0.39, 0.29) is 5.54 Å². The third-order valence-corrected chi connectivity index (χ3v) is 3.71. The smallest absolute Gasteiger partial charge is 0.0513 e. The van der Waals surface area contributed by atoms with Crippen LogP contribution in [0.25, 0.3) is 0 Å². The first-order valence-electron chi connectivity index (χ1n) is 5.71. The lowest BCUT2D eigenvalue weighted by Crippen LogP contribution is -2.56. The molecule has 1 aliphatic heterocycles. The molecule has 0 radical (unpaired) electrons. The highest BCUT2D eigenvalue weighted by atomic mass is 16.5. The Bertz CT molecular complexity index is 161. The highest BCUT2D eigenvalue weighted by Crippen LogP contribution is 2.30. The second-order valence-electron chi connectivity index (χ2n) is 4.29. The fourth-order valence-corrected chi connectivity index (χ4v) is 2.52. The van der Waals surface area contributed by atoms with Crippen LogP contribution in [0.5, 0.6) is 0 Å². The van der Waals surface area contributed by atoms with Gasteiger partial charge in [-0.15, -0.1) is 0 Å². The second-order valence-corrected chi connectivity index (χ2v) is 4.29. The molecule has 0 amide bonds. The molecule has 0 aromatic heterocycles. The molecule has 0 aromatic rings. The molecule has 1 aliphatic rings. The van der Waals surface area contributed by atoms with Crippen molar-refractivity contribution in [1.82, 2.24) is 4.90 Å². The van der Waals surface area contributed by atoms with Crippen LogP contribution >= 0.6 is 0 Å². The van der Waals surface area contributed by atoms with E-state index in [1.807, 2.05) is 0 Å². The van der Waals surface area contributed by atoms with E-state index >= 15 is 0 Å². The van der Waals surface area contributed by atoms with E-state index in [1.54, 1.807) is 0 Å². The van der Waals surface area contributed by atoms with Crippen LogP contribution in [0.4, 0.5) is 0 Å². The Morgan fingerprint density at radius 3 is 2.43 bits per heavy atom. The number of nitrogens with two attached hydrogens (primary N) is 1. The van der Waals surface area contributed by atoms with E-state index in [0.29, 0.717) is 5.92 Å². The molecule has 2 atom stereocenters. The first-order valence-corrected chi connectivity index (χ1v) is 5.71. The van der Waals surface area contributed by atoms with Gasteiger partial charge < -0.3 is 10.5 Å². The molecular weight excluding hydrogens is 176 g/mol. The van der Waals surface area contributed by atoms with Crippen molar-refractivity contribution in [2.45, 2.75) is 32.7 Å². The van der Waals surface area contributed by atoms with Crippen molar-refractivity contribution in [3.8, 4) is 0 Å².